The molecule has 7 aliphatic rings. The van der Waals surface area contributed by atoms with Crippen molar-refractivity contribution in [2.24, 2.45) is 58.2 Å². The number of imide groups is 2. The van der Waals surface area contributed by atoms with Crippen molar-refractivity contribution in [2.45, 2.75) is 124 Å². The van der Waals surface area contributed by atoms with Gasteiger partial charge in [-0.05, 0) is 182 Å². The molecule has 354 valence electrons. The molecule has 4 heterocycles. The van der Waals surface area contributed by atoms with Crippen LogP contribution in [0.3, 0.4) is 0 Å². The van der Waals surface area contributed by atoms with Gasteiger partial charge in [0.05, 0.1) is 27.4 Å². The molecule has 9 nitrogen and oxygen atoms in total. The van der Waals surface area contributed by atoms with Gasteiger partial charge < -0.3 is 4.90 Å². The van der Waals surface area contributed by atoms with Crippen LogP contribution < -0.4 is 10.2 Å². The molecule has 1 aromatic heterocycles. The summed E-state index contributed by atoms with van der Waals surface area (Å²) in [4.78, 5) is 59.0. The zero-order chi connectivity index (χ0) is 47.8. The summed E-state index contributed by atoms with van der Waals surface area (Å²) in [6, 6.07) is 13.9. The number of halogens is 2. The first-order chi connectivity index (χ1) is 32.5. The normalized spacial score (nSPS) is 30.2. The molecule has 5 unspecified atom stereocenters. The van der Waals surface area contributed by atoms with E-state index in [1.165, 1.54) is 48.4 Å². The van der Waals surface area contributed by atoms with Gasteiger partial charge in [-0.3, -0.25) is 29.4 Å². The molecule has 2 aromatic carbocycles. The van der Waals surface area contributed by atoms with Crippen LogP contribution in [0, 0.1) is 87.2 Å². The van der Waals surface area contributed by atoms with Crippen LogP contribution in [-0.2, 0) is 22.4 Å². The first kappa shape index (κ1) is 46.4. The predicted octanol–water partition coefficient (Wildman–Crippen LogP) is 10.8. The number of amides is 4. The molecule has 0 bridgehead atoms. The second kappa shape index (κ2) is 17.9. The van der Waals surface area contributed by atoms with E-state index in [-0.39, 0.29) is 34.8 Å². The van der Waals surface area contributed by atoms with Crippen molar-refractivity contribution in [3.05, 3.63) is 99.1 Å². The Balaban J connectivity index is 0.684. The molecule has 10 rings (SSSR count). The highest BCUT2D eigenvalue weighted by Crippen LogP contribution is 2.66. The number of piperidine rings is 1. The van der Waals surface area contributed by atoms with Crippen molar-refractivity contribution in [1.29, 1.82) is 5.26 Å². The Kier molecular flexibility index (Phi) is 12.2. The fourth-order valence-corrected chi connectivity index (χ4v) is 14.9. The van der Waals surface area contributed by atoms with E-state index in [9.17, 15) is 24.4 Å². The third-order valence-corrected chi connectivity index (χ3v) is 18.5. The summed E-state index contributed by atoms with van der Waals surface area (Å²) in [5, 5.41) is 12.1. The maximum Gasteiger partial charge on any atom is 0.262 e. The van der Waals surface area contributed by atoms with Crippen molar-refractivity contribution < 1.29 is 23.6 Å². The number of benzene rings is 2. The van der Waals surface area contributed by atoms with Gasteiger partial charge in [0.15, 0.2) is 0 Å². The SMILES string of the molecule is C=C1c2ccc(C#CC3CCC(CC4CCC5CN(c6cc7c(cc6F)C(=O)N(C6CCC(=O)NC6=O)C7=O)CC5C4)CC3)nc2CC1CCC1C(C)(C)C(Cc2ccc(C#N)c(Cl)c2)C1(C)C. The second-order valence-corrected chi connectivity index (χ2v) is 23.1. The van der Waals surface area contributed by atoms with Gasteiger partial charge in [0.2, 0.25) is 11.8 Å². The summed E-state index contributed by atoms with van der Waals surface area (Å²) in [5.74, 6) is 8.30. The standard InChI is InChI=1S/C57H63ClFN5O4/c1-32-37(15-20-50-56(2,3)51(57(50,4)5)25-36-10-13-38(29-60)45(58)24-36)26-47-42(32)18-17-41(61-47)16-12-33-6-8-34(9-7-33)22-35-11-14-39-30-63(31-40(39)23-35)49-28-44-43(27-46(49)59)54(67)64(55(44)68)48-19-21-52(65)62-53(48)66/h10,13,17-18,24,27-28,33-35,37,39-40,48,50-51H,1,6-9,11,14-15,19-23,25-26,30-31H2,2-5H3,(H,62,65,66). The molecule has 0 spiro atoms. The second-order valence-electron chi connectivity index (χ2n) is 22.7. The number of fused-ring (bicyclic) bond motifs is 3. The smallest absolute Gasteiger partial charge is 0.262 e. The Morgan fingerprint density at radius 2 is 1.57 bits per heavy atom. The van der Waals surface area contributed by atoms with Gasteiger partial charge in [-0.25, -0.2) is 9.37 Å². The van der Waals surface area contributed by atoms with Gasteiger partial charge in [0, 0.05) is 31.1 Å². The number of rotatable bonds is 9. The summed E-state index contributed by atoms with van der Waals surface area (Å²) in [6.07, 6.45) is 13.5. The van der Waals surface area contributed by atoms with E-state index in [0.29, 0.717) is 63.6 Å². The zero-order valence-electron chi connectivity index (χ0n) is 39.9. The van der Waals surface area contributed by atoms with E-state index < -0.39 is 35.5 Å². The zero-order valence-corrected chi connectivity index (χ0v) is 40.7. The maximum atomic E-state index is 15.7. The number of nitrogens with zero attached hydrogens (tertiary/aromatic N) is 4. The van der Waals surface area contributed by atoms with E-state index >= 15 is 4.39 Å². The number of aromatic nitrogens is 1. The number of hydrogen-bond acceptors (Lipinski definition) is 7. The van der Waals surface area contributed by atoms with E-state index in [1.807, 2.05) is 12.1 Å². The molecule has 0 radical (unpaired) electrons. The van der Waals surface area contributed by atoms with Crippen LogP contribution in [0.2, 0.25) is 5.02 Å². The van der Waals surface area contributed by atoms with Crippen LogP contribution in [0.1, 0.15) is 154 Å². The summed E-state index contributed by atoms with van der Waals surface area (Å²) in [6.45, 7) is 15.7. The Morgan fingerprint density at radius 1 is 0.853 bits per heavy atom. The number of carbonyl (C=O) groups excluding carboxylic acids is 4. The first-order valence-corrected chi connectivity index (χ1v) is 25.6. The van der Waals surface area contributed by atoms with Crippen molar-refractivity contribution in [2.75, 3.05) is 18.0 Å². The molecular formula is C57H63ClFN5O4. The molecule has 5 fully saturated rings. The minimum Gasteiger partial charge on any atom is -0.369 e. The van der Waals surface area contributed by atoms with Crippen LogP contribution in [0.15, 0.2) is 49.0 Å². The number of pyridine rings is 1. The van der Waals surface area contributed by atoms with Crippen LogP contribution >= 0.6 is 11.6 Å². The molecule has 3 saturated carbocycles. The molecule has 4 amide bonds. The topological polar surface area (TPSA) is 123 Å². The molecular weight excluding hydrogens is 873 g/mol. The Hall–Kier alpha value is -5.32. The molecule has 3 aromatic rings. The van der Waals surface area contributed by atoms with E-state index in [1.54, 1.807) is 0 Å². The number of carbonyl (C=O) groups is 4. The maximum absolute atomic E-state index is 15.7. The Labute approximate surface area is 405 Å². The van der Waals surface area contributed by atoms with E-state index in [2.05, 4.69) is 80.6 Å². The molecule has 4 aliphatic carbocycles. The molecule has 68 heavy (non-hydrogen) atoms. The van der Waals surface area contributed by atoms with Gasteiger partial charge in [-0.15, -0.1) is 0 Å². The summed E-state index contributed by atoms with van der Waals surface area (Å²) in [5.41, 5.74) is 6.97. The van der Waals surface area contributed by atoms with Gasteiger partial charge in [0.1, 0.15) is 23.6 Å². The summed E-state index contributed by atoms with van der Waals surface area (Å²) in [7, 11) is 0. The first-order valence-electron chi connectivity index (χ1n) is 25.2. The Morgan fingerprint density at radius 3 is 2.29 bits per heavy atom. The predicted molar refractivity (Wildman–Crippen MR) is 261 cm³/mol. The lowest BCUT2D eigenvalue weighted by molar-refractivity contribution is -0.166. The fraction of sp³-hybridized carbons (Fsp3) is 0.544. The molecule has 1 N–H and O–H groups in total. The summed E-state index contributed by atoms with van der Waals surface area (Å²) >= 11 is 6.40. The van der Waals surface area contributed by atoms with Crippen LogP contribution in [0.4, 0.5) is 10.1 Å². The number of allylic oxidation sites excluding steroid dienone is 1. The van der Waals surface area contributed by atoms with E-state index in [0.717, 1.165) is 86.8 Å². The van der Waals surface area contributed by atoms with Gasteiger partial charge in [-0.1, -0.05) is 70.3 Å². The monoisotopic (exact) mass is 935 g/mol. The van der Waals surface area contributed by atoms with Crippen LogP contribution in [0.5, 0.6) is 0 Å². The van der Waals surface area contributed by atoms with Crippen molar-refractivity contribution in [3.8, 4) is 17.9 Å². The van der Waals surface area contributed by atoms with Crippen LogP contribution in [0.25, 0.3) is 5.57 Å². The lowest BCUT2D eigenvalue weighted by Crippen LogP contribution is -2.60. The lowest BCUT2D eigenvalue weighted by atomic mass is 9.39. The highest BCUT2D eigenvalue weighted by atomic mass is 35.5. The third kappa shape index (κ3) is 8.37. The summed E-state index contributed by atoms with van der Waals surface area (Å²) < 4.78 is 15.7. The van der Waals surface area contributed by atoms with Gasteiger partial charge in [0.25, 0.3) is 11.8 Å². The largest absolute Gasteiger partial charge is 0.369 e. The molecule has 5 atom stereocenters. The molecule has 11 heteroatoms. The van der Waals surface area contributed by atoms with Crippen LogP contribution in [-0.4, -0.2) is 52.6 Å². The van der Waals surface area contributed by atoms with Crippen molar-refractivity contribution >= 4 is 46.5 Å². The van der Waals surface area contributed by atoms with Crippen molar-refractivity contribution in [3.63, 3.8) is 0 Å². The quantitative estimate of drug-likeness (QED) is 0.167. The minimum atomic E-state index is -1.08. The number of hydrogen-bond donors (Lipinski definition) is 1. The fourth-order valence-electron chi connectivity index (χ4n) is 14.7. The third-order valence-electron chi connectivity index (χ3n) is 18.2. The Bertz CT molecular complexity index is 2700. The molecule has 2 saturated heterocycles. The van der Waals surface area contributed by atoms with Gasteiger partial charge >= 0.3 is 0 Å². The highest BCUT2D eigenvalue weighted by molar-refractivity contribution is 6.31. The lowest BCUT2D eigenvalue weighted by Gasteiger charge is -2.65. The highest BCUT2D eigenvalue weighted by Gasteiger charge is 2.60. The number of nitriles is 1. The average molecular weight is 937 g/mol. The number of anilines is 1. The van der Waals surface area contributed by atoms with Crippen molar-refractivity contribution in [1.82, 2.24) is 15.2 Å². The minimum absolute atomic E-state index is 0.0255. The molecule has 3 aliphatic heterocycles. The number of nitrogens with one attached hydrogen (secondary N) is 1. The van der Waals surface area contributed by atoms with E-state index in [4.69, 9.17) is 16.6 Å². The average Bonchev–Trinajstić information content (AvgIpc) is 3.94. The van der Waals surface area contributed by atoms with Gasteiger partial charge in [-0.2, -0.15) is 5.26 Å².